The maximum absolute atomic E-state index is 13.3. The molecular weight excluding hydrogens is 420 g/mol. The summed E-state index contributed by atoms with van der Waals surface area (Å²) >= 11 is 0. The zero-order valence-electron chi connectivity index (χ0n) is 18.9. The van der Waals surface area contributed by atoms with E-state index in [-0.39, 0.29) is 5.91 Å². The molecule has 6 heteroatoms. The summed E-state index contributed by atoms with van der Waals surface area (Å²) in [5.41, 5.74) is 6.80. The summed E-state index contributed by atoms with van der Waals surface area (Å²) in [5, 5.41) is 0. The summed E-state index contributed by atoms with van der Waals surface area (Å²) in [6, 6.07) is 17.3. The Morgan fingerprint density at radius 1 is 0.875 bits per heavy atom. The molecule has 3 aromatic rings. The Kier molecular flexibility index (Phi) is 5.82. The summed E-state index contributed by atoms with van der Waals surface area (Å²) in [5.74, 6) is 0.0798. The number of hydrogen-bond acceptors (Lipinski definition) is 3. The number of hydrogen-bond donors (Lipinski definition) is 1. The van der Waals surface area contributed by atoms with Gasteiger partial charge in [0, 0.05) is 17.8 Å². The van der Waals surface area contributed by atoms with Crippen LogP contribution in [-0.2, 0) is 27.8 Å². The second-order valence-corrected chi connectivity index (χ2v) is 10.1. The highest BCUT2D eigenvalue weighted by Crippen LogP contribution is 2.33. The first-order chi connectivity index (χ1) is 15.2. The van der Waals surface area contributed by atoms with E-state index in [2.05, 4.69) is 4.72 Å². The molecule has 1 aliphatic rings. The van der Waals surface area contributed by atoms with Crippen LogP contribution in [0.3, 0.4) is 0 Å². The van der Waals surface area contributed by atoms with Gasteiger partial charge in [-0.15, -0.1) is 0 Å². The lowest BCUT2D eigenvalue weighted by molar-refractivity contribution is -0.119. The van der Waals surface area contributed by atoms with E-state index in [1.807, 2.05) is 76.2 Å². The second-order valence-electron chi connectivity index (χ2n) is 8.50. The quantitative estimate of drug-likeness (QED) is 0.583. The third kappa shape index (κ3) is 4.15. The normalized spacial score (nSPS) is 13.8. The van der Waals surface area contributed by atoms with Crippen LogP contribution in [0, 0.1) is 27.7 Å². The number of amides is 1. The van der Waals surface area contributed by atoms with E-state index in [1.54, 1.807) is 11.0 Å². The van der Waals surface area contributed by atoms with Gasteiger partial charge >= 0.3 is 0 Å². The minimum Gasteiger partial charge on any atom is -0.308 e. The first kappa shape index (κ1) is 22.1. The Labute approximate surface area is 190 Å². The summed E-state index contributed by atoms with van der Waals surface area (Å²) in [4.78, 5) is 14.7. The van der Waals surface area contributed by atoms with Gasteiger partial charge in [-0.1, -0.05) is 36.4 Å². The van der Waals surface area contributed by atoms with Gasteiger partial charge in [-0.25, -0.2) is 8.42 Å². The Morgan fingerprint density at radius 3 is 2.19 bits per heavy atom. The van der Waals surface area contributed by atoms with Crippen LogP contribution in [0.15, 0.2) is 59.5 Å². The predicted molar refractivity (Wildman–Crippen MR) is 129 cm³/mol. The highest BCUT2D eigenvalue weighted by molar-refractivity contribution is 7.92. The van der Waals surface area contributed by atoms with Gasteiger partial charge in [0.05, 0.1) is 11.4 Å². The van der Waals surface area contributed by atoms with E-state index >= 15 is 0 Å². The molecule has 1 heterocycles. The van der Waals surface area contributed by atoms with Gasteiger partial charge in [0.1, 0.15) is 0 Å². The first-order valence-electron chi connectivity index (χ1n) is 10.7. The molecule has 4 rings (SSSR count). The zero-order valence-corrected chi connectivity index (χ0v) is 19.7. The molecule has 3 aromatic carbocycles. The zero-order chi connectivity index (χ0) is 23.0. The monoisotopic (exact) mass is 448 g/mol. The molecule has 32 heavy (non-hydrogen) atoms. The number of sulfonamides is 1. The number of aryl methyl sites for hydroxylation is 3. The maximum Gasteiger partial charge on any atom is 0.262 e. The smallest absolute Gasteiger partial charge is 0.262 e. The summed E-state index contributed by atoms with van der Waals surface area (Å²) < 4.78 is 29.4. The molecule has 5 nitrogen and oxygen atoms in total. The van der Waals surface area contributed by atoms with Crippen LogP contribution in [0.4, 0.5) is 11.4 Å². The number of rotatable bonds is 5. The predicted octanol–water partition coefficient (Wildman–Crippen LogP) is 5.20. The van der Waals surface area contributed by atoms with Crippen LogP contribution in [0.5, 0.6) is 0 Å². The number of carbonyl (C=O) groups excluding carboxylic acids is 1. The molecule has 0 bridgehead atoms. The van der Waals surface area contributed by atoms with Crippen molar-refractivity contribution in [3.8, 4) is 0 Å². The van der Waals surface area contributed by atoms with E-state index in [4.69, 9.17) is 0 Å². The van der Waals surface area contributed by atoms with Crippen molar-refractivity contribution in [2.75, 3.05) is 9.62 Å². The number of benzene rings is 3. The van der Waals surface area contributed by atoms with Gasteiger partial charge in [-0.3, -0.25) is 9.52 Å². The van der Waals surface area contributed by atoms with Gasteiger partial charge in [-0.2, -0.15) is 0 Å². The SMILES string of the molecule is Cc1cc(C)c(C)c(S(=O)(=O)Nc2ccc3c(c2)CCC(=O)N3Cc2ccccc2)c1C. The van der Waals surface area contributed by atoms with Crippen LogP contribution < -0.4 is 9.62 Å². The van der Waals surface area contributed by atoms with Crippen molar-refractivity contribution in [2.45, 2.75) is 52.0 Å². The standard InChI is InChI=1S/C26H28N2O3S/c1-17-14-18(2)20(4)26(19(17)3)32(30,31)27-23-11-12-24-22(15-23)10-13-25(29)28(24)16-21-8-6-5-7-9-21/h5-9,11-12,14-15,27H,10,13,16H2,1-4H3. The number of nitrogens with zero attached hydrogens (tertiary/aromatic N) is 1. The molecule has 0 aliphatic carbocycles. The average Bonchev–Trinajstić information content (AvgIpc) is 2.75. The van der Waals surface area contributed by atoms with Gasteiger partial charge in [-0.05, 0) is 85.7 Å². The van der Waals surface area contributed by atoms with Gasteiger partial charge < -0.3 is 4.90 Å². The molecule has 0 unspecified atom stereocenters. The van der Waals surface area contributed by atoms with Crippen LogP contribution in [0.2, 0.25) is 0 Å². The lowest BCUT2D eigenvalue weighted by Gasteiger charge is -2.30. The van der Waals surface area contributed by atoms with Crippen LogP contribution >= 0.6 is 0 Å². The van der Waals surface area contributed by atoms with E-state index in [0.717, 1.165) is 39.1 Å². The van der Waals surface area contributed by atoms with E-state index in [9.17, 15) is 13.2 Å². The minimum atomic E-state index is -3.75. The average molecular weight is 449 g/mol. The first-order valence-corrected chi connectivity index (χ1v) is 12.2. The fourth-order valence-electron chi connectivity index (χ4n) is 4.35. The van der Waals surface area contributed by atoms with Crippen molar-refractivity contribution in [2.24, 2.45) is 0 Å². The summed E-state index contributed by atoms with van der Waals surface area (Å²) in [6.45, 7) is 8.04. The molecule has 1 aliphatic heterocycles. The Morgan fingerprint density at radius 2 is 1.53 bits per heavy atom. The van der Waals surface area contributed by atoms with Gasteiger partial charge in [0.25, 0.3) is 10.0 Å². The van der Waals surface area contributed by atoms with Crippen LogP contribution in [0.1, 0.15) is 39.8 Å². The molecule has 166 valence electrons. The molecule has 0 fully saturated rings. The fraction of sp³-hybridized carbons (Fsp3) is 0.269. The van der Waals surface area contributed by atoms with Gasteiger partial charge in [0.15, 0.2) is 0 Å². The maximum atomic E-state index is 13.3. The Balaban J connectivity index is 1.66. The van der Waals surface area contributed by atoms with Crippen LogP contribution in [0.25, 0.3) is 0 Å². The highest BCUT2D eigenvalue weighted by atomic mass is 32.2. The molecule has 0 aromatic heterocycles. The van der Waals surface area contributed by atoms with Crippen molar-refractivity contribution in [3.63, 3.8) is 0 Å². The number of anilines is 2. The molecule has 0 spiro atoms. The minimum absolute atomic E-state index is 0.0798. The van der Waals surface area contributed by atoms with Crippen molar-refractivity contribution in [3.05, 3.63) is 88.0 Å². The van der Waals surface area contributed by atoms with Crippen LogP contribution in [-0.4, -0.2) is 14.3 Å². The van der Waals surface area contributed by atoms with Crippen molar-refractivity contribution in [1.29, 1.82) is 0 Å². The Hall–Kier alpha value is -3.12. The lowest BCUT2D eigenvalue weighted by atomic mass is 10.00. The largest absolute Gasteiger partial charge is 0.308 e. The molecule has 0 atom stereocenters. The topological polar surface area (TPSA) is 66.5 Å². The molecular formula is C26H28N2O3S. The van der Waals surface area contributed by atoms with Crippen molar-refractivity contribution >= 4 is 27.3 Å². The molecule has 0 radical (unpaired) electrons. The van der Waals surface area contributed by atoms with E-state index < -0.39 is 10.0 Å². The third-order valence-electron chi connectivity index (χ3n) is 6.28. The van der Waals surface area contributed by atoms with Crippen molar-refractivity contribution in [1.82, 2.24) is 0 Å². The molecule has 0 saturated heterocycles. The fourth-order valence-corrected chi connectivity index (χ4v) is 6.02. The highest BCUT2D eigenvalue weighted by Gasteiger charge is 2.26. The molecule has 1 amide bonds. The lowest BCUT2D eigenvalue weighted by Crippen LogP contribution is -2.34. The van der Waals surface area contributed by atoms with Gasteiger partial charge in [0.2, 0.25) is 5.91 Å². The van der Waals surface area contributed by atoms with E-state index in [1.165, 1.54) is 0 Å². The number of nitrogens with one attached hydrogen (secondary N) is 1. The Bertz CT molecular complexity index is 1270. The molecule has 1 N–H and O–H groups in total. The summed E-state index contributed by atoms with van der Waals surface area (Å²) in [7, 11) is -3.75. The van der Waals surface area contributed by atoms with Crippen molar-refractivity contribution < 1.29 is 13.2 Å². The summed E-state index contributed by atoms with van der Waals surface area (Å²) in [6.07, 6.45) is 1.00. The number of fused-ring (bicyclic) bond motifs is 1. The second kappa shape index (κ2) is 8.43. The number of carbonyl (C=O) groups is 1. The van der Waals surface area contributed by atoms with E-state index in [0.29, 0.717) is 30.0 Å². The molecule has 0 saturated carbocycles. The third-order valence-corrected chi connectivity index (χ3v) is 7.94.